The van der Waals surface area contributed by atoms with Gasteiger partial charge in [0.05, 0.1) is 22.2 Å². The summed E-state index contributed by atoms with van der Waals surface area (Å²) in [5, 5.41) is 1.02. The summed E-state index contributed by atoms with van der Waals surface area (Å²) in [6.45, 7) is 2.74. The predicted molar refractivity (Wildman–Crippen MR) is 147 cm³/mol. The van der Waals surface area contributed by atoms with Gasteiger partial charge in [0.25, 0.3) is 5.91 Å². The molecule has 1 fully saturated rings. The fourth-order valence-electron chi connectivity index (χ4n) is 3.68. The second-order valence-corrected chi connectivity index (χ2v) is 10.3. The average Bonchev–Trinajstić information content (AvgIpc) is 3.43. The summed E-state index contributed by atoms with van der Waals surface area (Å²) < 4.78 is 23.0. The maximum atomic E-state index is 13.2. The van der Waals surface area contributed by atoms with Gasteiger partial charge in [-0.1, -0.05) is 59.3 Å². The Morgan fingerprint density at radius 2 is 1.83 bits per heavy atom. The molecule has 0 atom stereocenters. The van der Waals surface area contributed by atoms with E-state index in [4.69, 9.17) is 54.4 Å². The van der Waals surface area contributed by atoms with Gasteiger partial charge < -0.3 is 18.9 Å². The van der Waals surface area contributed by atoms with E-state index in [0.717, 1.165) is 5.56 Å². The Labute approximate surface area is 227 Å². The summed E-state index contributed by atoms with van der Waals surface area (Å²) >= 11 is 19.3. The van der Waals surface area contributed by atoms with Crippen molar-refractivity contribution in [1.82, 2.24) is 0 Å². The molecule has 0 saturated carbocycles. The third-order valence-corrected chi connectivity index (χ3v) is 7.17. The standard InChI is InChI=1S/C26H19Cl2NO5S2/c1-2-31-22-10-16(9-19(28)24(22)32-13-15-3-5-17(27)6-4-15)11-23-25(30)29(26(35)36-23)18-7-8-20-21(12-18)34-14-33-20/h3-12H,2,13-14H2,1H3/b23-11+. The molecule has 0 spiro atoms. The van der Waals surface area contributed by atoms with E-state index >= 15 is 0 Å². The molecule has 0 bridgehead atoms. The fraction of sp³-hybridized carbons (Fsp3) is 0.154. The highest BCUT2D eigenvalue weighted by Gasteiger charge is 2.34. The van der Waals surface area contributed by atoms with E-state index in [2.05, 4.69) is 0 Å². The number of hydrogen-bond acceptors (Lipinski definition) is 7. The molecule has 6 nitrogen and oxygen atoms in total. The number of thiocarbonyl (C=S) groups is 1. The van der Waals surface area contributed by atoms with Crippen LogP contribution >= 0.6 is 47.2 Å². The Morgan fingerprint density at radius 3 is 2.61 bits per heavy atom. The summed E-state index contributed by atoms with van der Waals surface area (Å²) in [6, 6.07) is 16.2. The van der Waals surface area contributed by atoms with E-state index in [9.17, 15) is 4.79 Å². The largest absolute Gasteiger partial charge is 0.490 e. The lowest BCUT2D eigenvalue weighted by atomic mass is 10.1. The molecule has 0 aliphatic carbocycles. The van der Waals surface area contributed by atoms with Crippen LogP contribution in [0.5, 0.6) is 23.0 Å². The van der Waals surface area contributed by atoms with Crippen molar-refractivity contribution >= 4 is 69.2 Å². The van der Waals surface area contributed by atoms with Gasteiger partial charge in [0.15, 0.2) is 27.3 Å². The van der Waals surface area contributed by atoms with Gasteiger partial charge in [0, 0.05) is 11.1 Å². The first kappa shape index (κ1) is 24.8. The van der Waals surface area contributed by atoms with Crippen molar-refractivity contribution in [2.45, 2.75) is 13.5 Å². The number of rotatable bonds is 7. The Morgan fingerprint density at radius 1 is 1.06 bits per heavy atom. The van der Waals surface area contributed by atoms with Crippen LogP contribution in [-0.4, -0.2) is 23.6 Å². The molecule has 0 radical (unpaired) electrons. The van der Waals surface area contributed by atoms with Crippen molar-refractivity contribution in [3.05, 3.63) is 80.7 Å². The minimum Gasteiger partial charge on any atom is -0.490 e. The molecule has 1 amide bonds. The predicted octanol–water partition coefficient (Wildman–Crippen LogP) is 7.11. The minimum atomic E-state index is -0.235. The van der Waals surface area contributed by atoms with Crippen LogP contribution in [0.3, 0.4) is 0 Å². The van der Waals surface area contributed by atoms with Crippen LogP contribution in [0, 0.1) is 0 Å². The summed E-state index contributed by atoms with van der Waals surface area (Å²) in [5.41, 5.74) is 2.24. The lowest BCUT2D eigenvalue weighted by Crippen LogP contribution is -2.27. The summed E-state index contributed by atoms with van der Waals surface area (Å²) in [4.78, 5) is 15.2. The average molecular weight is 560 g/mol. The van der Waals surface area contributed by atoms with Crippen LogP contribution in [0.15, 0.2) is 59.5 Å². The Kier molecular flexibility index (Phi) is 7.29. The highest BCUT2D eigenvalue weighted by atomic mass is 35.5. The monoisotopic (exact) mass is 559 g/mol. The second-order valence-electron chi connectivity index (χ2n) is 7.73. The molecule has 0 aromatic heterocycles. The van der Waals surface area contributed by atoms with Gasteiger partial charge in [-0.05, 0) is 60.5 Å². The van der Waals surface area contributed by atoms with Gasteiger partial charge in [-0.15, -0.1) is 0 Å². The molecular formula is C26H19Cl2NO5S2. The van der Waals surface area contributed by atoms with Crippen LogP contribution in [-0.2, 0) is 11.4 Å². The Bertz CT molecular complexity index is 1380. The number of nitrogens with zero attached hydrogens (tertiary/aromatic N) is 1. The molecule has 1 saturated heterocycles. The van der Waals surface area contributed by atoms with Gasteiger partial charge >= 0.3 is 0 Å². The molecule has 2 heterocycles. The van der Waals surface area contributed by atoms with Crippen molar-refractivity contribution in [3.8, 4) is 23.0 Å². The molecule has 0 unspecified atom stereocenters. The first-order valence-electron chi connectivity index (χ1n) is 10.9. The van der Waals surface area contributed by atoms with Crippen molar-refractivity contribution in [1.29, 1.82) is 0 Å². The zero-order chi connectivity index (χ0) is 25.2. The third kappa shape index (κ3) is 5.13. The zero-order valence-electron chi connectivity index (χ0n) is 19.0. The van der Waals surface area contributed by atoms with Crippen LogP contribution < -0.4 is 23.8 Å². The van der Waals surface area contributed by atoms with Gasteiger partial charge in [-0.25, -0.2) is 0 Å². The fourth-order valence-corrected chi connectivity index (χ4v) is 5.38. The zero-order valence-corrected chi connectivity index (χ0v) is 22.1. The van der Waals surface area contributed by atoms with Crippen molar-refractivity contribution in [2.75, 3.05) is 18.3 Å². The van der Waals surface area contributed by atoms with Crippen LogP contribution in [0.25, 0.3) is 6.08 Å². The molecule has 3 aromatic carbocycles. The van der Waals surface area contributed by atoms with Crippen molar-refractivity contribution in [2.24, 2.45) is 0 Å². The first-order valence-corrected chi connectivity index (χ1v) is 12.9. The number of halogens is 2. The van der Waals surface area contributed by atoms with E-state index in [1.165, 1.54) is 16.7 Å². The lowest BCUT2D eigenvalue weighted by Gasteiger charge is -2.15. The van der Waals surface area contributed by atoms with E-state index in [0.29, 0.717) is 66.7 Å². The number of benzene rings is 3. The number of ether oxygens (including phenoxy) is 4. The Balaban J connectivity index is 1.39. The van der Waals surface area contributed by atoms with E-state index < -0.39 is 0 Å². The van der Waals surface area contributed by atoms with Crippen LogP contribution in [0.2, 0.25) is 10.0 Å². The van der Waals surface area contributed by atoms with Gasteiger partial charge in [-0.2, -0.15) is 0 Å². The number of anilines is 1. The number of carbonyl (C=O) groups excluding carboxylic acids is 1. The molecule has 10 heteroatoms. The topological polar surface area (TPSA) is 57.2 Å². The summed E-state index contributed by atoms with van der Waals surface area (Å²) in [6.07, 6.45) is 1.74. The highest BCUT2D eigenvalue weighted by molar-refractivity contribution is 8.27. The number of carbonyl (C=O) groups is 1. The molecule has 2 aliphatic heterocycles. The SMILES string of the molecule is CCOc1cc(/C=C2/SC(=S)N(c3ccc4c(c3)OCO4)C2=O)cc(Cl)c1OCc1ccc(Cl)cc1. The minimum absolute atomic E-state index is 0.152. The highest BCUT2D eigenvalue weighted by Crippen LogP contribution is 2.42. The Hall–Kier alpha value is -2.91. The van der Waals surface area contributed by atoms with E-state index in [1.54, 1.807) is 48.5 Å². The quantitative estimate of drug-likeness (QED) is 0.226. The first-order chi connectivity index (χ1) is 17.4. The third-order valence-electron chi connectivity index (χ3n) is 5.33. The lowest BCUT2D eigenvalue weighted by molar-refractivity contribution is -0.113. The maximum Gasteiger partial charge on any atom is 0.270 e. The molecule has 0 N–H and O–H groups in total. The van der Waals surface area contributed by atoms with Gasteiger partial charge in [0.1, 0.15) is 6.61 Å². The van der Waals surface area contributed by atoms with Gasteiger partial charge in [-0.3, -0.25) is 9.69 Å². The second kappa shape index (κ2) is 10.6. The number of hydrogen-bond donors (Lipinski definition) is 0. The van der Waals surface area contributed by atoms with Crippen molar-refractivity contribution in [3.63, 3.8) is 0 Å². The normalized spacial score (nSPS) is 15.6. The molecular weight excluding hydrogens is 541 g/mol. The van der Waals surface area contributed by atoms with Crippen LogP contribution in [0.4, 0.5) is 5.69 Å². The van der Waals surface area contributed by atoms with Crippen LogP contribution in [0.1, 0.15) is 18.1 Å². The molecule has 2 aliphatic rings. The maximum absolute atomic E-state index is 13.2. The molecule has 184 valence electrons. The molecule has 36 heavy (non-hydrogen) atoms. The number of fused-ring (bicyclic) bond motifs is 1. The number of amides is 1. The summed E-state index contributed by atoms with van der Waals surface area (Å²) in [5.74, 6) is 1.89. The van der Waals surface area contributed by atoms with Crippen molar-refractivity contribution < 1.29 is 23.7 Å². The van der Waals surface area contributed by atoms with E-state index in [1.807, 2.05) is 19.1 Å². The summed E-state index contributed by atoms with van der Waals surface area (Å²) in [7, 11) is 0. The van der Waals surface area contributed by atoms with E-state index in [-0.39, 0.29) is 12.7 Å². The smallest absolute Gasteiger partial charge is 0.270 e. The molecule has 5 rings (SSSR count). The number of thioether (sulfide) groups is 1. The molecule has 3 aromatic rings. The van der Waals surface area contributed by atoms with Gasteiger partial charge in [0.2, 0.25) is 6.79 Å².